The van der Waals surface area contributed by atoms with Crippen molar-refractivity contribution in [2.45, 2.75) is 71.3 Å². The summed E-state index contributed by atoms with van der Waals surface area (Å²) in [5, 5.41) is 5.51. The Bertz CT molecular complexity index is 853. The molecule has 0 saturated heterocycles. The Balaban J connectivity index is 1.81. The lowest BCUT2D eigenvalue weighted by Crippen LogP contribution is -2.29. The summed E-state index contributed by atoms with van der Waals surface area (Å²) in [6.45, 7) is 5.94. The first-order chi connectivity index (χ1) is 13.8. The highest BCUT2D eigenvalue weighted by molar-refractivity contribution is 5.63. The van der Waals surface area contributed by atoms with Gasteiger partial charge in [-0.1, -0.05) is 25.4 Å². The predicted molar refractivity (Wildman–Crippen MR) is 112 cm³/mol. The first-order valence-electron chi connectivity index (χ1n) is 10.3. The van der Waals surface area contributed by atoms with E-state index >= 15 is 0 Å². The van der Waals surface area contributed by atoms with Crippen molar-refractivity contribution in [2.75, 3.05) is 7.05 Å². The van der Waals surface area contributed by atoms with Crippen molar-refractivity contribution < 1.29 is 9.26 Å². The van der Waals surface area contributed by atoms with Crippen LogP contribution in [-0.2, 0) is 6.42 Å². The highest BCUT2D eigenvalue weighted by Crippen LogP contribution is 2.26. The van der Waals surface area contributed by atoms with Gasteiger partial charge in [-0.2, -0.15) is 4.98 Å². The highest BCUT2D eigenvalue weighted by Gasteiger charge is 2.19. The number of allylic oxidation sites excluding steroid dienone is 1. The van der Waals surface area contributed by atoms with E-state index in [2.05, 4.69) is 15.1 Å². The fourth-order valence-electron chi connectivity index (χ4n) is 3.47. The Morgan fingerprint density at radius 3 is 2.55 bits per heavy atom. The summed E-state index contributed by atoms with van der Waals surface area (Å²) in [6, 6.07) is 3.82. The Morgan fingerprint density at radius 1 is 1.24 bits per heavy atom. The maximum atomic E-state index is 6.43. The van der Waals surface area contributed by atoms with E-state index in [-0.39, 0.29) is 12.0 Å². The molecule has 0 aromatic carbocycles. The predicted octanol–water partition coefficient (Wildman–Crippen LogP) is 3.28. The number of aromatic nitrogens is 3. The standard InChI is InChI=1S/C21H32N6O2/c1-13(2)21-25-19(26-29-21)12-17(27(4)23)20(22)16-10-11-18(14(3)24-16)28-15-8-6-5-7-9-15/h10-11,13,15H,5-9,12,22-23H2,1-4H3/b20-17-. The largest absolute Gasteiger partial charge is 0.489 e. The van der Waals surface area contributed by atoms with Gasteiger partial charge in [0.1, 0.15) is 5.75 Å². The first-order valence-corrected chi connectivity index (χ1v) is 10.3. The Kier molecular flexibility index (Phi) is 6.74. The van der Waals surface area contributed by atoms with E-state index in [1.54, 1.807) is 7.05 Å². The highest BCUT2D eigenvalue weighted by atomic mass is 16.5. The number of hydrazine groups is 1. The minimum Gasteiger partial charge on any atom is -0.489 e. The topological polar surface area (TPSA) is 116 Å². The maximum Gasteiger partial charge on any atom is 0.229 e. The molecule has 0 amide bonds. The Labute approximate surface area is 172 Å². The van der Waals surface area contributed by atoms with E-state index in [1.807, 2.05) is 32.9 Å². The van der Waals surface area contributed by atoms with Gasteiger partial charge < -0.3 is 20.0 Å². The molecule has 3 rings (SSSR count). The molecule has 8 nitrogen and oxygen atoms in total. The van der Waals surface area contributed by atoms with Crippen molar-refractivity contribution in [3.63, 3.8) is 0 Å². The van der Waals surface area contributed by atoms with Gasteiger partial charge in [-0.3, -0.25) is 0 Å². The number of rotatable bonds is 7. The number of aryl methyl sites for hydroxylation is 1. The molecule has 0 atom stereocenters. The Hall–Kier alpha value is -2.61. The molecule has 158 valence electrons. The van der Waals surface area contributed by atoms with Crippen molar-refractivity contribution in [3.8, 4) is 5.75 Å². The quantitative estimate of drug-likeness (QED) is 0.537. The summed E-state index contributed by atoms with van der Waals surface area (Å²) < 4.78 is 11.4. The van der Waals surface area contributed by atoms with Crippen LogP contribution in [0.2, 0.25) is 0 Å². The molecule has 2 aromatic heterocycles. The molecule has 1 aliphatic carbocycles. The minimum absolute atomic E-state index is 0.164. The molecular formula is C21H32N6O2. The van der Waals surface area contributed by atoms with E-state index in [4.69, 9.17) is 20.8 Å². The zero-order valence-electron chi connectivity index (χ0n) is 17.8. The van der Waals surface area contributed by atoms with Crippen molar-refractivity contribution in [1.29, 1.82) is 0 Å². The summed E-state index contributed by atoms with van der Waals surface area (Å²) in [5.74, 6) is 8.15. The minimum atomic E-state index is 0.164. The maximum absolute atomic E-state index is 6.43. The normalized spacial score (nSPS) is 16.1. The molecule has 2 heterocycles. The lowest BCUT2D eigenvalue weighted by molar-refractivity contribution is 0.153. The van der Waals surface area contributed by atoms with Crippen LogP contribution in [0.4, 0.5) is 0 Å². The molecule has 0 radical (unpaired) electrons. The van der Waals surface area contributed by atoms with Crippen LogP contribution in [0.15, 0.2) is 22.4 Å². The zero-order chi connectivity index (χ0) is 21.0. The summed E-state index contributed by atoms with van der Waals surface area (Å²) in [5.41, 5.74) is 9.05. The van der Waals surface area contributed by atoms with Crippen LogP contribution in [0.3, 0.4) is 0 Å². The summed E-state index contributed by atoms with van der Waals surface area (Å²) in [4.78, 5) is 9.08. The van der Waals surface area contributed by atoms with Gasteiger partial charge in [0.05, 0.1) is 35.3 Å². The van der Waals surface area contributed by atoms with Gasteiger partial charge in [-0.05, 0) is 44.7 Å². The van der Waals surface area contributed by atoms with Crippen LogP contribution in [0, 0.1) is 6.92 Å². The van der Waals surface area contributed by atoms with E-state index in [1.165, 1.54) is 24.3 Å². The second-order valence-electron chi connectivity index (χ2n) is 8.01. The molecule has 29 heavy (non-hydrogen) atoms. The lowest BCUT2D eigenvalue weighted by atomic mass is 9.98. The van der Waals surface area contributed by atoms with E-state index < -0.39 is 0 Å². The molecule has 0 spiro atoms. The van der Waals surface area contributed by atoms with Gasteiger partial charge in [0.2, 0.25) is 5.89 Å². The summed E-state index contributed by atoms with van der Waals surface area (Å²) >= 11 is 0. The first kappa shape index (κ1) is 21.1. The number of ether oxygens (including phenoxy) is 1. The number of nitrogens with two attached hydrogens (primary N) is 2. The third-order valence-corrected chi connectivity index (χ3v) is 5.20. The molecule has 0 unspecified atom stereocenters. The second-order valence-corrected chi connectivity index (χ2v) is 8.01. The van der Waals surface area contributed by atoms with Crippen molar-refractivity contribution in [3.05, 3.63) is 40.9 Å². The number of likely N-dealkylation sites (N-methyl/N-ethyl adjacent to an activating group) is 1. The van der Waals surface area contributed by atoms with Crippen LogP contribution in [0.1, 0.15) is 75.0 Å². The van der Waals surface area contributed by atoms with Crippen LogP contribution in [-0.4, -0.2) is 33.3 Å². The smallest absolute Gasteiger partial charge is 0.229 e. The van der Waals surface area contributed by atoms with E-state index in [9.17, 15) is 0 Å². The number of hydrogen-bond acceptors (Lipinski definition) is 8. The van der Waals surface area contributed by atoms with Gasteiger partial charge in [0.15, 0.2) is 5.82 Å². The van der Waals surface area contributed by atoms with Gasteiger partial charge in [-0.15, -0.1) is 0 Å². The Morgan fingerprint density at radius 2 is 1.97 bits per heavy atom. The lowest BCUT2D eigenvalue weighted by Gasteiger charge is -2.24. The van der Waals surface area contributed by atoms with E-state index in [0.717, 1.165) is 24.3 Å². The zero-order valence-corrected chi connectivity index (χ0v) is 17.8. The average Bonchev–Trinajstić information content (AvgIpc) is 3.17. The van der Waals surface area contributed by atoms with Gasteiger partial charge in [-0.25, -0.2) is 10.8 Å². The fraction of sp³-hybridized carbons (Fsp3) is 0.571. The number of hydrogen-bond donors (Lipinski definition) is 2. The number of pyridine rings is 1. The monoisotopic (exact) mass is 400 g/mol. The SMILES string of the molecule is Cc1nc(/C(N)=C(\Cc2noc(C(C)C)n2)N(C)N)ccc1OC1CCCCC1. The molecule has 8 heteroatoms. The summed E-state index contributed by atoms with van der Waals surface area (Å²) in [7, 11) is 1.74. The fourth-order valence-corrected chi connectivity index (χ4v) is 3.47. The second kappa shape index (κ2) is 9.26. The molecule has 2 aromatic rings. The third kappa shape index (κ3) is 5.26. The average molecular weight is 401 g/mol. The van der Waals surface area contributed by atoms with Crippen LogP contribution in [0.25, 0.3) is 5.70 Å². The van der Waals surface area contributed by atoms with Crippen molar-refractivity contribution in [1.82, 2.24) is 20.1 Å². The number of nitrogens with zero attached hydrogens (tertiary/aromatic N) is 4. The van der Waals surface area contributed by atoms with Crippen LogP contribution in [0.5, 0.6) is 5.75 Å². The van der Waals surface area contributed by atoms with Crippen molar-refractivity contribution in [2.24, 2.45) is 11.6 Å². The third-order valence-electron chi connectivity index (χ3n) is 5.20. The molecule has 4 N–H and O–H groups in total. The molecule has 1 saturated carbocycles. The molecule has 0 aliphatic heterocycles. The van der Waals surface area contributed by atoms with Crippen molar-refractivity contribution >= 4 is 5.70 Å². The van der Waals surface area contributed by atoms with Gasteiger partial charge >= 0.3 is 0 Å². The van der Waals surface area contributed by atoms with Gasteiger partial charge in [0, 0.05) is 13.0 Å². The summed E-state index contributed by atoms with van der Waals surface area (Å²) in [6.07, 6.45) is 6.60. The molecular weight excluding hydrogens is 368 g/mol. The molecule has 1 fully saturated rings. The van der Waals surface area contributed by atoms with Crippen LogP contribution < -0.4 is 16.3 Å². The van der Waals surface area contributed by atoms with Gasteiger partial charge in [0.25, 0.3) is 0 Å². The molecule has 0 bridgehead atoms. The van der Waals surface area contributed by atoms with E-state index in [0.29, 0.717) is 35.2 Å². The molecule has 1 aliphatic rings. The van der Waals surface area contributed by atoms with Crippen LogP contribution >= 0.6 is 0 Å².